The predicted molar refractivity (Wildman–Crippen MR) is 78.7 cm³/mol. The third-order valence-electron chi connectivity index (χ3n) is 3.90. The lowest BCUT2D eigenvalue weighted by Gasteiger charge is -2.39. The topological polar surface area (TPSA) is 18.5 Å². The molecule has 2 unspecified atom stereocenters. The molecule has 1 rings (SSSR count). The van der Waals surface area contributed by atoms with Crippen molar-refractivity contribution < 1.29 is 0 Å². The Morgan fingerprint density at radius 2 is 2.17 bits per heavy atom. The average molecular weight is 251 g/mol. The normalized spacial score (nSPS) is 23.8. The van der Waals surface area contributed by atoms with E-state index in [9.17, 15) is 0 Å². The maximum atomic E-state index is 5.33. The number of hydrogen-bond donors (Lipinski definition) is 1. The van der Waals surface area contributed by atoms with Crippen LogP contribution in [0.1, 0.15) is 32.6 Å². The molecule has 1 saturated heterocycles. The Balaban J connectivity index is 2.40. The fourth-order valence-electron chi connectivity index (χ4n) is 2.73. The quantitative estimate of drug-likeness (QED) is 0.545. The molecule has 0 aromatic rings. The highest BCUT2D eigenvalue weighted by atomic mass is 15.3. The summed E-state index contributed by atoms with van der Waals surface area (Å²) >= 11 is 0. The first-order chi connectivity index (χ1) is 8.67. The molecular formula is C15H29N3. The highest BCUT2D eigenvalue weighted by molar-refractivity contribution is 4.86. The smallest absolute Gasteiger partial charge is 0.0235 e. The average Bonchev–Trinajstić information content (AvgIpc) is 2.34. The summed E-state index contributed by atoms with van der Waals surface area (Å²) < 4.78 is 0. The summed E-state index contributed by atoms with van der Waals surface area (Å²) in [6.07, 6.45) is 9.81. The third kappa shape index (κ3) is 5.39. The second-order valence-electron chi connectivity index (χ2n) is 5.48. The van der Waals surface area contributed by atoms with E-state index >= 15 is 0 Å². The molecule has 18 heavy (non-hydrogen) atoms. The molecule has 0 aromatic carbocycles. The summed E-state index contributed by atoms with van der Waals surface area (Å²) in [5.41, 5.74) is 0. The Bertz CT molecular complexity index is 259. The first-order valence-electron chi connectivity index (χ1n) is 7.23. The van der Waals surface area contributed by atoms with Crippen molar-refractivity contribution in [3.05, 3.63) is 0 Å². The van der Waals surface area contributed by atoms with Gasteiger partial charge in [-0.3, -0.25) is 0 Å². The third-order valence-corrected chi connectivity index (χ3v) is 3.90. The van der Waals surface area contributed by atoms with Crippen molar-refractivity contribution in [2.24, 2.45) is 0 Å². The molecule has 3 heteroatoms. The van der Waals surface area contributed by atoms with Gasteiger partial charge in [0.25, 0.3) is 0 Å². The second kappa shape index (κ2) is 8.53. The summed E-state index contributed by atoms with van der Waals surface area (Å²) in [7, 11) is 4.47. The Morgan fingerprint density at radius 1 is 1.39 bits per heavy atom. The summed E-state index contributed by atoms with van der Waals surface area (Å²) in [4.78, 5) is 4.95. The van der Waals surface area contributed by atoms with Crippen molar-refractivity contribution in [1.82, 2.24) is 15.1 Å². The van der Waals surface area contributed by atoms with Crippen LogP contribution in [0.15, 0.2) is 0 Å². The van der Waals surface area contributed by atoms with Gasteiger partial charge in [0.15, 0.2) is 0 Å². The van der Waals surface area contributed by atoms with E-state index in [4.69, 9.17) is 6.42 Å². The van der Waals surface area contributed by atoms with E-state index in [0.717, 1.165) is 19.4 Å². The highest BCUT2D eigenvalue weighted by Crippen LogP contribution is 2.15. The van der Waals surface area contributed by atoms with Crippen molar-refractivity contribution in [3.63, 3.8) is 0 Å². The van der Waals surface area contributed by atoms with Crippen LogP contribution in [-0.2, 0) is 0 Å². The maximum absolute atomic E-state index is 5.33. The van der Waals surface area contributed by atoms with E-state index in [2.05, 4.69) is 42.1 Å². The van der Waals surface area contributed by atoms with Gasteiger partial charge in [0, 0.05) is 38.1 Å². The molecule has 0 saturated carbocycles. The molecule has 1 fully saturated rings. The van der Waals surface area contributed by atoms with Gasteiger partial charge in [0.1, 0.15) is 0 Å². The van der Waals surface area contributed by atoms with Gasteiger partial charge in [0.05, 0.1) is 0 Å². The highest BCUT2D eigenvalue weighted by Gasteiger charge is 2.24. The Morgan fingerprint density at radius 3 is 2.83 bits per heavy atom. The molecule has 0 spiro atoms. The van der Waals surface area contributed by atoms with Crippen LogP contribution in [0.2, 0.25) is 0 Å². The largest absolute Gasteiger partial charge is 0.314 e. The zero-order chi connectivity index (χ0) is 13.4. The van der Waals surface area contributed by atoms with Crippen LogP contribution in [0.5, 0.6) is 0 Å². The molecule has 104 valence electrons. The fraction of sp³-hybridized carbons (Fsp3) is 0.867. The van der Waals surface area contributed by atoms with Crippen LogP contribution in [-0.4, -0.2) is 62.2 Å². The minimum absolute atomic E-state index is 0.613. The Labute approximate surface area is 113 Å². The zero-order valence-electron chi connectivity index (χ0n) is 12.3. The van der Waals surface area contributed by atoms with E-state index in [0.29, 0.717) is 12.1 Å². The van der Waals surface area contributed by atoms with Crippen molar-refractivity contribution in [2.75, 3.05) is 40.3 Å². The van der Waals surface area contributed by atoms with Gasteiger partial charge in [0.2, 0.25) is 0 Å². The van der Waals surface area contributed by atoms with E-state index in [1.165, 1.54) is 32.5 Å². The van der Waals surface area contributed by atoms with Crippen molar-refractivity contribution in [3.8, 4) is 12.3 Å². The minimum atomic E-state index is 0.613. The molecule has 1 aliphatic heterocycles. The fourth-order valence-corrected chi connectivity index (χ4v) is 2.73. The van der Waals surface area contributed by atoms with Gasteiger partial charge in [-0.1, -0.05) is 6.92 Å². The van der Waals surface area contributed by atoms with Gasteiger partial charge in [-0.05, 0) is 39.9 Å². The first-order valence-corrected chi connectivity index (χ1v) is 7.23. The molecule has 0 aromatic heterocycles. The van der Waals surface area contributed by atoms with Crippen LogP contribution in [0.25, 0.3) is 0 Å². The molecule has 0 bridgehead atoms. The second-order valence-corrected chi connectivity index (χ2v) is 5.48. The van der Waals surface area contributed by atoms with Gasteiger partial charge in [-0.25, -0.2) is 0 Å². The minimum Gasteiger partial charge on any atom is -0.314 e. The van der Waals surface area contributed by atoms with E-state index in [1.807, 2.05) is 0 Å². The first kappa shape index (κ1) is 15.5. The molecule has 1 heterocycles. The van der Waals surface area contributed by atoms with Crippen LogP contribution in [0, 0.1) is 12.3 Å². The lowest BCUT2D eigenvalue weighted by atomic mass is 9.99. The van der Waals surface area contributed by atoms with Crippen molar-refractivity contribution in [1.29, 1.82) is 0 Å². The van der Waals surface area contributed by atoms with E-state index < -0.39 is 0 Å². The molecule has 1 N–H and O–H groups in total. The van der Waals surface area contributed by atoms with Gasteiger partial charge in [-0.15, -0.1) is 12.3 Å². The van der Waals surface area contributed by atoms with Crippen LogP contribution in [0.4, 0.5) is 0 Å². The summed E-state index contributed by atoms with van der Waals surface area (Å²) in [5.74, 6) is 2.74. The molecule has 0 aliphatic carbocycles. The molecule has 1 aliphatic rings. The molecule has 3 nitrogen and oxygen atoms in total. The van der Waals surface area contributed by atoms with Crippen molar-refractivity contribution >= 4 is 0 Å². The molecule has 0 radical (unpaired) electrons. The molecule has 2 atom stereocenters. The van der Waals surface area contributed by atoms with Gasteiger partial charge < -0.3 is 15.1 Å². The van der Waals surface area contributed by atoms with E-state index in [-0.39, 0.29) is 0 Å². The number of nitrogens with one attached hydrogen (secondary N) is 1. The van der Waals surface area contributed by atoms with Gasteiger partial charge in [-0.2, -0.15) is 0 Å². The monoisotopic (exact) mass is 251 g/mol. The maximum Gasteiger partial charge on any atom is 0.0235 e. The van der Waals surface area contributed by atoms with E-state index in [1.54, 1.807) is 0 Å². The number of hydrogen-bond acceptors (Lipinski definition) is 3. The SMILES string of the molecule is C#CCCCC(CC1CN(C)CCN1C)NCC. The number of terminal acetylenes is 1. The van der Waals surface area contributed by atoms with Gasteiger partial charge >= 0.3 is 0 Å². The summed E-state index contributed by atoms with van der Waals surface area (Å²) in [5, 5.41) is 3.61. The van der Waals surface area contributed by atoms with Crippen LogP contribution in [0.3, 0.4) is 0 Å². The number of piperazine rings is 1. The Hall–Kier alpha value is -0.560. The number of nitrogens with zero attached hydrogens (tertiary/aromatic N) is 2. The number of rotatable bonds is 7. The number of unbranched alkanes of at least 4 members (excludes halogenated alkanes) is 1. The van der Waals surface area contributed by atoms with Crippen LogP contribution >= 0.6 is 0 Å². The summed E-state index contributed by atoms with van der Waals surface area (Å²) in [6, 6.07) is 1.29. The number of likely N-dealkylation sites (N-methyl/N-ethyl adjacent to an activating group) is 2. The van der Waals surface area contributed by atoms with Crippen molar-refractivity contribution in [2.45, 2.75) is 44.7 Å². The Kier molecular flexibility index (Phi) is 7.34. The molecule has 0 amide bonds. The summed E-state index contributed by atoms with van der Waals surface area (Å²) in [6.45, 7) is 6.80. The predicted octanol–water partition coefficient (Wildman–Crippen LogP) is 1.40. The zero-order valence-corrected chi connectivity index (χ0v) is 12.3. The lowest BCUT2D eigenvalue weighted by molar-refractivity contribution is 0.100. The standard InChI is InChI=1S/C15H29N3/c1-5-7-8-9-14(16-6-2)12-15-13-17(3)10-11-18(15)4/h1,14-16H,6-13H2,2-4H3. The van der Waals surface area contributed by atoms with Crippen LogP contribution < -0.4 is 5.32 Å². The molecular weight excluding hydrogens is 222 g/mol. The lowest BCUT2D eigenvalue weighted by Crippen LogP contribution is -2.52.